The van der Waals surface area contributed by atoms with E-state index in [0.29, 0.717) is 19.1 Å². The van der Waals surface area contributed by atoms with E-state index in [-0.39, 0.29) is 24.3 Å². The average Bonchev–Trinajstić information content (AvgIpc) is 3.14. The van der Waals surface area contributed by atoms with Crippen LogP contribution in [-0.4, -0.2) is 48.4 Å². The van der Waals surface area contributed by atoms with Gasteiger partial charge < -0.3 is 10.6 Å². The van der Waals surface area contributed by atoms with E-state index in [0.717, 1.165) is 32.2 Å². The highest BCUT2D eigenvalue weighted by molar-refractivity contribution is 5.88. The number of nitrogens with one attached hydrogen (secondary N) is 2. The van der Waals surface area contributed by atoms with Crippen molar-refractivity contribution >= 4 is 11.8 Å². The lowest BCUT2D eigenvalue weighted by Crippen LogP contribution is -2.59. The van der Waals surface area contributed by atoms with Crippen molar-refractivity contribution in [3.8, 4) is 0 Å². The number of benzene rings is 1. The van der Waals surface area contributed by atoms with Gasteiger partial charge in [0.2, 0.25) is 11.8 Å². The lowest BCUT2D eigenvalue weighted by Gasteiger charge is -2.38. The standard InChI is InChI=1S/C23H31N3O2/c27-22(24-11-10-17-6-2-1-3-7-17)16-21-23(28)25-12-13-26(21)20-14-18-8-4-5-9-19(18)15-20/h4-6,8-9,20-21H,1-3,7,10-16H2,(H,24,27)(H,25,28). The Morgan fingerprint density at radius 2 is 1.96 bits per heavy atom. The number of rotatable bonds is 6. The second-order valence-electron chi connectivity index (χ2n) is 8.29. The Labute approximate surface area is 167 Å². The van der Waals surface area contributed by atoms with Gasteiger partial charge in [-0.05, 0) is 56.1 Å². The van der Waals surface area contributed by atoms with E-state index < -0.39 is 0 Å². The predicted octanol–water partition coefficient (Wildman–Crippen LogP) is 2.35. The normalized spacial score (nSPS) is 23.1. The van der Waals surface area contributed by atoms with Crippen LogP contribution in [0.1, 0.15) is 49.7 Å². The van der Waals surface area contributed by atoms with E-state index in [2.05, 4.69) is 45.9 Å². The van der Waals surface area contributed by atoms with Crippen molar-refractivity contribution in [2.45, 2.75) is 63.5 Å². The molecule has 0 radical (unpaired) electrons. The first kappa shape index (κ1) is 19.2. The van der Waals surface area contributed by atoms with Crippen LogP contribution in [0.2, 0.25) is 0 Å². The summed E-state index contributed by atoms with van der Waals surface area (Å²) >= 11 is 0. The molecule has 150 valence electrons. The fourth-order valence-corrected chi connectivity index (χ4v) is 4.89. The molecule has 1 aromatic rings. The number of piperazine rings is 1. The van der Waals surface area contributed by atoms with Crippen molar-refractivity contribution in [2.24, 2.45) is 0 Å². The molecule has 1 unspecified atom stereocenters. The molecule has 28 heavy (non-hydrogen) atoms. The molecule has 1 saturated heterocycles. The number of carbonyl (C=O) groups is 2. The van der Waals surface area contributed by atoms with Gasteiger partial charge in [0.05, 0.1) is 12.5 Å². The summed E-state index contributed by atoms with van der Waals surface area (Å²) in [6, 6.07) is 8.48. The highest BCUT2D eigenvalue weighted by Gasteiger charge is 2.37. The number of allylic oxidation sites excluding steroid dienone is 1. The number of hydrogen-bond acceptors (Lipinski definition) is 3. The molecule has 5 heteroatoms. The predicted molar refractivity (Wildman–Crippen MR) is 110 cm³/mol. The Morgan fingerprint density at radius 3 is 2.68 bits per heavy atom. The van der Waals surface area contributed by atoms with E-state index in [9.17, 15) is 9.59 Å². The molecule has 1 aromatic carbocycles. The molecule has 0 aromatic heterocycles. The van der Waals surface area contributed by atoms with Gasteiger partial charge in [-0.3, -0.25) is 14.5 Å². The van der Waals surface area contributed by atoms with Gasteiger partial charge in [0.15, 0.2) is 0 Å². The van der Waals surface area contributed by atoms with E-state index in [1.165, 1.54) is 36.0 Å². The molecular formula is C23H31N3O2. The summed E-state index contributed by atoms with van der Waals surface area (Å²) in [6.45, 7) is 2.15. The summed E-state index contributed by atoms with van der Waals surface area (Å²) in [5, 5.41) is 5.99. The van der Waals surface area contributed by atoms with Gasteiger partial charge in [-0.15, -0.1) is 0 Å². The quantitative estimate of drug-likeness (QED) is 0.744. The Hall–Kier alpha value is -2.14. The number of carbonyl (C=O) groups excluding carboxylic acids is 2. The van der Waals surface area contributed by atoms with Crippen LogP contribution in [0.4, 0.5) is 0 Å². The van der Waals surface area contributed by atoms with Crippen LogP contribution in [0.25, 0.3) is 0 Å². The van der Waals surface area contributed by atoms with Crippen LogP contribution in [0.3, 0.4) is 0 Å². The molecule has 1 fully saturated rings. The van der Waals surface area contributed by atoms with Crippen LogP contribution in [0.15, 0.2) is 35.9 Å². The highest BCUT2D eigenvalue weighted by atomic mass is 16.2. The largest absolute Gasteiger partial charge is 0.356 e. The second kappa shape index (κ2) is 8.91. The van der Waals surface area contributed by atoms with Crippen LogP contribution in [0, 0.1) is 0 Å². The van der Waals surface area contributed by atoms with E-state index in [1.54, 1.807) is 0 Å². The molecule has 0 bridgehead atoms. The van der Waals surface area contributed by atoms with Gasteiger partial charge in [-0.25, -0.2) is 0 Å². The molecule has 2 aliphatic carbocycles. The molecule has 4 rings (SSSR count). The zero-order chi connectivity index (χ0) is 19.3. The van der Waals surface area contributed by atoms with Crippen LogP contribution >= 0.6 is 0 Å². The maximum atomic E-state index is 12.5. The van der Waals surface area contributed by atoms with E-state index >= 15 is 0 Å². The smallest absolute Gasteiger partial charge is 0.237 e. The van der Waals surface area contributed by atoms with Crippen molar-refractivity contribution in [3.05, 3.63) is 47.0 Å². The third-order valence-corrected chi connectivity index (χ3v) is 6.40. The molecular weight excluding hydrogens is 350 g/mol. The van der Waals surface area contributed by atoms with Crippen LogP contribution in [-0.2, 0) is 22.4 Å². The Kier molecular flexibility index (Phi) is 6.10. The molecule has 2 amide bonds. The summed E-state index contributed by atoms with van der Waals surface area (Å²) in [7, 11) is 0. The van der Waals surface area contributed by atoms with Gasteiger partial charge >= 0.3 is 0 Å². The molecule has 5 nitrogen and oxygen atoms in total. The number of fused-ring (bicyclic) bond motifs is 1. The summed E-state index contributed by atoms with van der Waals surface area (Å²) in [5.41, 5.74) is 4.22. The van der Waals surface area contributed by atoms with Gasteiger partial charge in [-0.1, -0.05) is 35.9 Å². The van der Waals surface area contributed by atoms with Crippen LogP contribution in [0.5, 0.6) is 0 Å². The van der Waals surface area contributed by atoms with Gasteiger partial charge in [0.1, 0.15) is 0 Å². The Balaban J connectivity index is 1.32. The van der Waals surface area contributed by atoms with Crippen LogP contribution < -0.4 is 10.6 Å². The first-order valence-electron chi connectivity index (χ1n) is 10.8. The summed E-state index contributed by atoms with van der Waals surface area (Å²) in [4.78, 5) is 27.4. The van der Waals surface area contributed by atoms with Crippen molar-refractivity contribution in [1.29, 1.82) is 0 Å². The molecule has 1 aliphatic heterocycles. The van der Waals surface area contributed by atoms with Gasteiger partial charge in [-0.2, -0.15) is 0 Å². The Bertz CT molecular complexity index is 733. The number of hydrogen-bond donors (Lipinski definition) is 2. The SMILES string of the molecule is O=C(CC1C(=O)NCCN1C1Cc2ccccc2C1)NCCC1=CCCCC1. The first-order chi connectivity index (χ1) is 13.7. The van der Waals surface area contributed by atoms with Crippen molar-refractivity contribution in [1.82, 2.24) is 15.5 Å². The molecule has 1 atom stereocenters. The minimum atomic E-state index is -0.359. The van der Waals surface area contributed by atoms with Crippen molar-refractivity contribution < 1.29 is 9.59 Å². The summed E-state index contributed by atoms with van der Waals surface area (Å²) < 4.78 is 0. The lowest BCUT2D eigenvalue weighted by molar-refractivity contribution is -0.135. The molecule has 1 heterocycles. The topological polar surface area (TPSA) is 61.4 Å². The minimum absolute atomic E-state index is 0.00709. The number of nitrogens with zero attached hydrogens (tertiary/aromatic N) is 1. The zero-order valence-corrected chi connectivity index (χ0v) is 16.6. The third kappa shape index (κ3) is 4.46. The lowest BCUT2D eigenvalue weighted by atomic mass is 9.97. The molecule has 3 aliphatic rings. The van der Waals surface area contributed by atoms with Gasteiger partial charge in [0.25, 0.3) is 0 Å². The van der Waals surface area contributed by atoms with Gasteiger partial charge in [0, 0.05) is 25.7 Å². The first-order valence-corrected chi connectivity index (χ1v) is 10.8. The summed E-state index contributed by atoms with van der Waals surface area (Å²) in [6.07, 6.45) is 10.3. The number of amides is 2. The average molecular weight is 382 g/mol. The maximum absolute atomic E-state index is 12.5. The fourth-order valence-electron chi connectivity index (χ4n) is 4.89. The molecule has 0 saturated carbocycles. The third-order valence-electron chi connectivity index (χ3n) is 6.40. The highest BCUT2D eigenvalue weighted by Crippen LogP contribution is 2.28. The zero-order valence-electron chi connectivity index (χ0n) is 16.6. The maximum Gasteiger partial charge on any atom is 0.237 e. The van der Waals surface area contributed by atoms with E-state index in [4.69, 9.17) is 0 Å². The fraction of sp³-hybridized carbons (Fsp3) is 0.565. The molecule has 0 spiro atoms. The Morgan fingerprint density at radius 1 is 1.18 bits per heavy atom. The van der Waals surface area contributed by atoms with E-state index in [1.807, 2.05) is 0 Å². The second-order valence-corrected chi connectivity index (χ2v) is 8.29. The minimum Gasteiger partial charge on any atom is -0.356 e. The van der Waals surface area contributed by atoms with Crippen molar-refractivity contribution in [2.75, 3.05) is 19.6 Å². The molecule has 2 N–H and O–H groups in total. The summed E-state index contributed by atoms with van der Waals surface area (Å²) in [5.74, 6) is -0.0219. The van der Waals surface area contributed by atoms with Crippen molar-refractivity contribution in [3.63, 3.8) is 0 Å². The monoisotopic (exact) mass is 381 g/mol.